The number of aryl methyl sites for hydroxylation is 1. The molecule has 2 aromatic carbocycles. The number of hydrogen-bond acceptors (Lipinski definition) is 8. The lowest BCUT2D eigenvalue weighted by Gasteiger charge is -2.34. The molecule has 5 N–H and O–H groups in total. The maximum absolute atomic E-state index is 9.01. The van der Waals surface area contributed by atoms with Crippen LogP contribution in [0.25, 0.3) is 11.1 Å². The van der Waals surface area contributed by atoms with E-state index in [-0.39, 0.29) is 25.0 Å². The summed E-state index contributed by atoms with van der Waals surface area (Å²) in [5.41, 5.74) is 6.23. The van der Waals surface area contributed by atoms with E-state index in [0.717, 1.165) is 42.1 Å². The van der Waals surface area contributed by atoms with Gasteiger partial charge in [-0.2, -0.15) is 10.4 Å². The largest absolute Gasteiger partial charge is 0.483 e. The monoisotopic (exact) mass is 541 g/mol. The van der Waals surface area contributed by atoms with Crippen LogP contribution in [0.4, 0.5) is 11.5 Å². The van der Waals surface area contributed by atoms with Gasteiger partial charge < -0.3 is 26.2 Å². The summed E-state index contributed by atoms with van der Waals surface area (Å²) < 4.78 is 1.80. The standard InChI is InChI=1S/C27H27N7.2CH2O2/c1-34-18-23(16-32-34)22-13-24-27(31-15-22)33-25(17-30-24)26(21-5-3-2-4-6-21)29-12-11-19-7-9-20(14-28)10-8-19;2*2-1-3/h2-10,13,15-16,18,25-26,29-30H,11-12,17H2,1H3,(H,31,33);2*1H,(H,2,3)/t25-,26+;;/m0../s1. The van der Waals surface area contributed by atoms with Gasteiger partial charge >= 0.3 is 0 Å². The van der Waals surface area contributed by atoms with Crippen LogP contribution >= 0.6 is 0 Å². The third-order valence-electron chi connectivity index (χ3n) is 6.18. The average Bonchev–Trinajstić information content (AvgIpc) is 3.42. The first kappa shape index (κ1) is 29.3. The number of benzene rings is 2. The predicted molar refractivity (Wildman–Crippen MR) is 152 cm³/mol. The predicted octanol–water partition coefficient (Wildman–Crippen LogP) is 3.53. The number of nitrogens with zero attached hydrogens (tertiary/aromatic N) is 4. The maximum Gasteiger partial charge on any atom is 0.290 e. The zero-order valence-electron chi connectivity index (χ0n) is 21.9. The zero-order chi connectivity index (χ0) is 28.7. The number of rotatable bonds is 7. The Morgan fingerprint density at radius 1 is 1.10 bits per heavy atom. The zero-order valence-corrected chi connectivity index (χ0v) is 21.9. The molecule has 0 saturated heterocycles. The fraction of sp³-hybridized carbons (Fsp3) is 0.207. The van der Waals surface area contributed by atoms with Crippen LogP contribution in [0.15, 0.2) is 79.3 Å². The van der Waals surface area contributed by atoms with Crippen LogP contribution in [0.5, 0.6) is 0 Å². The van der Waals surface area contributed by atoms with Crippen molar-refractivity contribution < 1.29 is 19.8 Å². The second kappa shape index (κ2) is 15.3. The minimum atomic E-state index is -0.250. The molecule has 2 aromatic heterocycles. The number of hydrogen-bond donors (Lipinski definition) is 5. The van der Waals surface area contributed by atoms with Crippen molar-refractivity contribution >= 4 is 24.4 Å². The van der Waals surface area contributed by atoms with Crippen LogP contribution in [-0.2, 0) is 23.1 Å². The Kier molecular flexibility index (Phi) is 11.2. The molecule has 0 spiro atoms. The van der Waals surface area contributed by atoms with Gasteiger partial charge in [0.2, 0.25) is 0 Å². The summed E-state index contributed by atoms with van der Waals surface area (Å²) in [4.78, 5) is 21.4. The Labute approximate surface area is 232 Å². The topological polar surface area (TPSA) is 165 Å². The van der Waals surface area contributed by atoms with Gasteiger partial charge in [-0.1, -0.05) is 42.5 Å². The molecule has 3 heterocycles. The fourth-order valence-corrected chi connectivity index (χ4v) is 4.36. The average molecular weight is 542 g/mol. The van der Waals surface area contributed by atoms with Gasteiger partial charge in [0.1, 0.15) is 5.82 Å². The highest BCUT2D eigenvalue weighted by molar-refractivity contribution is 5.75. The van der Waals surface area contributed by atoms with Gasteiger partial charge in [0.05, 0.1) is 35.6 Å². The van der Waals surface area contributed by atoms with Gasteiger partial charge in [0, 0.05) is 37.1 Å². The summed E-state index contributed by atoms with van der Waals surface area (Å²) in [7, 11) is 1.91. The molecule has 2 atom stereocenters. The molecule has 0 bridgehead atoms. The maximum atomic E-state index is 9.01. The van der Waals surface area contributed by atoms with Crippen LogP contribution < -0.4 is 16.0 Å². The van der Waals surface area contributed by atoms with Gasteiger partial charge in [-0.05, 0) is 42.3 Å². The summed E-state index contributed by atoms with van der Waals surface area (Å²) in [5, 5.41) is 38.0. The van der Waals surface area contributed by atoms with Crippen molar-refractivity contribution in [1.82, 2.24) is 20.1 Å². The summed E-state index contributed by atoms with van der Waals surface area (Å²) in [6.07, 6.45) is 6.62. The summed E-state index contributed by atoms with van der Waals surface area (Å²) in [6.45, 7) is 1.10. The summed E-state index contributed by atoms with van der Waals surface area (Å²) in [6, 6.07) is 22.9. The van der Waals surface area contributed by atoms with Crippen LogP contribution in [0.2, 0.25) is 0 Å². The van der Waals surface area contributed by atoms with Gasteiger partial charge in [-0.15, -0.1) is 0 Å². The van der Waals surface area contributed by atoms with E-state index < -0.39 is 0 Å². The molecule has 0 radical (unpaired) electrons. The molecule has 206 valence electrons. The molecule has 4 aromatic rings. The van der Waals surface area contributed by atoms with E-state index >= 15 is 0 Å². The van der Waals surface area contributed by atoms with E-state index in [0.29, 0.717) is 5.56 Å². The van der Waals surface area contributed by atoms with Gasteiger partial charge in [0.15, 0.2) is 0 Å². The number of fused-ring (bicyclic) bond motifs is 1. The highest BCUT2D eigenvalue weighted by Crippen LogP contribution is 2.32. The first-order chi connectivity index (χ1) is 19.5. The minimum Gasteiger partial charge on any atom is -0.483 e. The Morgan fingerprint density at radius 3 is 2.42 bits per heavy atom. The Bertz CT molecular complexity index is 1400. The number of aromatic nitrogens is 3. The molecule has 0 saturated carbocycles. The Hall–Kier alpha value is -5.21. The second-order valence-electron chi connectivity index (χ2n) is 8.77. The molecule has 5 rings (SSSR count). The van der Waals surface area contributed by atoms with Crippen molar-refractivity contribution in [2.75, 3.05) is 23.7 Å². The molecule has 1 aliphatic rings. The molecule has 1 aliphatic heterocycles. The smallest absolute Gasteiger partial charge is 0.290 e. The number of nitriles is 1. The van der Waals surface area contributed by atoms with Crippen LogP contribution in [0.1, 0.15) is 22.7 Å². The SMILES string of the molecule is Cn1cc(-c2cnc3c(c2)NC[C@@H]([C@H](NCCc2ccc(C#N)cc2)c2ccccc2)N3)cn1.O=CO.O=CO. The molecule has 11 nitrogen and oxygen atoms in total. The van der Waals surface area contributed by atoms with Gasteiger partial charge in [0.25, 0.3) is 12.9 Å². The Morgan fingerprint density at radius 2 is 1.80 bits per heavy atom. The van der Waals surface area contributed by atoms with Crippen molar-refractivity contribution in [1.29, 1.82) is 5.26 Å². The third kappa shape index (κ3) is 8.14. The lowest BCUT2D eigenvalue weighted by atomic mass is 9.97. The fourth-order valence-electron chi connectivity index (χ4n) is 4.36. The second-order valence-corrected chi connectivity index (χ2v) is 8.77. The summed E-state index contributed by atoms with van der Waals surface area (Å²) >= 11 is 0. The van der Waals surface area contributed by atoms with E-state index in [1.54, 1.807) is 4.68 Å². The molecule has 40 heavy (non-hydrogen) atoms. The van der Waals surface area contributed by atoms with Crippen molar-refractivity contribution in [3.05, 3.63) is 95.9 Å². The number of nitrogens with one attached hydrogen (secondary N) is 3. The van der Waals surface area contributed by atoms with E-state index in [2.05, 4.69) is 57.5 Å². The molecular formula is C29H31N7O4. The van der Waals surface area contributed by atoms with Crippen LogP contribution in [0, 0.1) is 11.3 Å². The molecule has 0 amide bonds. The molecule has 0 unspecified atom stereocenters. The number of pyridine rings is 1. The molecule has 0 fully saturated rings. The normalized spacial score (nSPS) is 13.8. The van der Waals surface area contributed by atoms with Gasteiger partial charge in [-0.25, -0.2) is 4.98 Å². The lowest BCUT2D eigenvalue weighted by Crippen LogP contribution is -2.44. The first-order valence-corrected chi connectivity index (χ1v) is 12.5. The van der Waals surface area contributed by atoms with Crippen molar-refractivity contribution in [2.45, 2.75) is 18.5 Å². The van der Waals surface area contributed by atoms with Crippen LogP contribution in [0.3, 0.4) is 0 Å². The molecule has 0 aliphatic carbocycles. The summed E-state index contributed by atoms with van der Waals surface area (Å²) in [5.74, 6) is 0.860. The number of carboxylic acid groups (broad SMARTS) is 2. The Balaban J connectivity index is 0.000000676. The van der Waals surface area contributed by atoms with Gasteiger partial charge in [-0.3, -0.25) is 14.3 Å². The van der Waals surface area contributed by atoms with Crippen LogP contribution in [-0.4, -0.2) is 57.1 Å². The lowest BCUT2D eigenvalue weighted by molar-refractivity contribution is -0.123. The minimum absolute atomic E-state index is 0.111. The van der Waals surface area contributed by atoms with Crippen molar-refractivity contribution in [2.24, 2.45) is 7.05 Å². The highest BCUT2D eigenvalue weighted by Gasteiger charge is 2.27. The van der Waals surface area contributed by atoms with Crippen molar-refractivity contribution in [3.8, 4) is 17.2 Å². The molecular weight excluding hydrogens is 510 g/mol. The number of carbonyl (C=O) groups is 2. The third-order valence-corrected chi connectivity index (χ3v) is 6.18. The molecule has 11 heteroatoms. The highest BCUT2D eigenvalue weighted by atomic mass is 16.3. The quantitative estimate of drug-likeness (QED) is 0.219. The van der Waals surface area contributed by atoms with Crippen molar-refractivity contribution in [3.63, 3.8) is 0 Å². The number of anilines is 2. The van der Waals surface area contributed by atoms with E-state index in [4.69, 9.17) is 30.0 Å². The van der Waals surface area contributed by atoms with E-state index in [9.17, 15) is 0 Å². The first-order valence-electron chi connectivity index (χ1n) is 12.5. The van der Waals surface area contributed by atoms with E-state index in [1.807, 2.05) is 56.0 Å². The van der Waals surface area contributed by atoms with E-state index in [1.165, 1.54) is 11.1 Å².